The first-order chi connectivity index (χ1) is 14.5. The van der Waals surface area contributed by atoms with E-state index in [1.54, 1.807) is 12.1 Å². The Labute approximate surface area is 174 Å². The molecule has 30 heavy (non-hydrogen) atoms. The number of para-hydroxylation sites is 3. The van der Waals surface area contributed by atoms with Crippen molar-refractivity contribution < 1.29 is 23.0 Å². The number of benzene rings is 2. The Bertz CT molecular complexity index is 897. The molecule has 1 heterocycles. The summed E-state index contributed by atoms with van der Waals surface area (Å²) in [5.74, 6) is -0.322. The number of anilines is 2. The number of amides is 1. The van der Waals surface area contributed by atoms with Crippen LogP contribution in [0.1, 0.15) is 5.56 Å². The van der Waals surface area contributed by atoms with Gasteiger partial charge in [0.15, 0.2) is 11.5 Å². The lowest BCUT2D eigenvalue weighted by Gasteiger charge is -2.35. The standard InChI is InChI=1S/C22H25F2N3O3/c1-26-12-14-27(15-13-26)18-8-4-3-7-17(18)25-20(28)11-10-16-6-5-9-19(29-2)21(16)30-22(23)24/h3-11,22H,12-15H2,1-2H3,(H,25,28)/b11-10+. The summed E-state index contributed by atoms with van der Waals surface area (Å²) in [6.45, 7) is 0.641. The predicted octanol–water partition coefficient (Wildman–Crippen LogP) is 3.70. The summed E-state index contributed by atoms with van der Waals surface area (Å²) in [6.07, 6.45) is 2.71. The van der Waals surface area contributed by atoms with Gasteiger partial charge in [0, 0.05) is 37.8 Å². The van der Waals surface area contributed by atoms with Crippen LogP contribution in [0.25, 0.3) is 6.08 Å². The molecule has 1 amide bonds. The van der Waals surface area contributed by atoms with Crippen LogP contribution >= 0.6 is 0 Å². The summed E-state index contributed by atoms with van der Waals surface area (Å²) in [7, 11) is 3.45. The molecule has 0 radical (unpaired) electrons. The molecule has 1 aliphatic rings. The van der Waals surface area contributed by atoms with Gasteiger partial charge >= 0.3 is 6.61 Å². The summed E-state index contributed by atoms with van der Waals surface area (Å²) in [5, 5.41) is 2.88. The quantitative estimate of drug-likeness (QED) is 0.697. The number of alkyl halides is 2. The monoisotopic (exact) mass is 417 g/mol. The van der Waals surface area contributed by atoms with Crippen LogP contribution in [-0.4, -0.2) is 57.8 Å². The largest absolute Gasteiger partial charge is 0.493 e. The lowest BCUT2D eigenvalue weighted by atomic mass is 10.1. The average Bonchev–Trinajstić information content (AvgIpc) is 2.73. The molecule has 1 fully saturated rings. The number of hydrogen-bond acceptors (Lipinski definition) is 5. The number of methoxy groups -OCH3 is 1. The minimum absolute atomic E-state index is 0.114. The van der Waals surface area contributed by atoms with Gasteiger partial charge in [-0.05, 0) is 31.3 Å². The van der Waals surface area contributed by atoms with Crippen LogP contribution in [0, 0.1) is 0 Å². The SMILES string of the molecule is COc1cccc(/C=C/C(=O)Nc2ccccc2N2CCN(C)CC2)c1OC(F)F. The molecular weight excluding hydrogens is 392 g/mol. The second-order valence-corrected chi connectivity index (χ2v) is 6.89. The van der Waals surface area contributed by atoms with Crippen LogP contribution in [0.2, 0.25) is 0 Å². The van der Waals surface area contributed by atoms with Gasteiger partial charge in [-0.25, -0.2) is 0 Å². The Kier molecular flexibility index (Phi) is 7.24. The number of likely N-dealkylation sites (N-methyl/N-ethyl adjacent to an activating group) is 1. The first-order valence-corrected chi connectivity index (χ1v) is 9.61. The molecule has 1 aliphatic heterocycles. The molecule has 0 atom stereocenters. The van der Waals surface area contributed by atoms with Crippen molar-refractivity contribution in [3.63, 3.8) is 0 Å². The van der Waals surface area contributed by atoms with Gasteiger partial charge in [-0.2, -0.15) is 8.78 Å². The molecule has 1 N–H and O–H groups in total. The summed E-state index contributed by atoms with van der Waals surface area (Å²) in [4.78, 5) is 17.0. The molecule has 2 aromatic rings. The highest BCUT2D eigenvalue weighted by atomic mass is 19.3. The first kappa shape index (κ1) is 21.6. The maximum Gasteiger partial charge on any atom is 0.387 e. The molecule has 160 valence electrons. The fourth-order valence-electron chi connectivity index (χ4n) is 3.28. The number of carbonyl (C=O) groups excluding carboxylic acids is 1. The zero-order valence-corrected chi connectivity index (χ0v) is 17.0. The normalized spacial score (nSPS) is 14.9. The number of halogens is 2. The van der Waals surface area contributed by atoms with Gasteiger partial charge in [-0.15, -0.1) is 0 Å². The highest BCUT2D eigenvalue weighted by molar-refractivity contribution is 6.04. The van der Waals surface area contributed by atoms with Crippen molar-refractivity contribution in [1.29, 1.82) is 0 Å². The second-order valence-electron chi connectivity index (χ2n) is 6.89. The third kappa shape index (κ3) is 5.48. The molecule has 8 heteroatoms. The highest BCUT2D eigenvalue weighted by Gasteiger charge is 2.18. The average molecular weight is 417 g/mol. The van der Waals surface area contributed by atoms with Crippen LogP contribution in [-0.2, 0) is 4.79 Å². The molecule has 0 aliphatic carbocycles. The lowest BCUT2D eigenvalue weighted by Crippen LogP contribution is -2.44. The van der Waals surface area contributed by atoms with Crippen molar-refractivity contribution in [2.75, 3.05) is 50.6 Å². The van der Waals surface area contributed by atoms with Crippen LogP contribution in [0.3, 0.4) is 0 Å². The van der Waals surface area contributed by atoms with Gasteiger partial charge in [0.2, 0.25) is 5.91 Å². The van der Waals surface area contributed by atoms with E-state index in [4.69, 9.17) is 4.74 Å². The zero-order valence-electron chi connectivity index (χ0n) is 17.0. The van der Waals surface area contributed by atoms with Crippen molar-refractivity contribution in [1.82, 2.24) is 4.90 Å². The fraction of sp³-hybridized carbons (Fsp3) is 0.318. The molecule has 0 aromatic heterocycles. The first-order valence-electron chi connectivity index (χ1n) is 9.61. The van der Waals surface area contributed by atoms with Gasteiger partial charge in [-0.1, -0.05) is 24.3 Å². The highest BCUT2D eigenvalue weighted by Crippen LogP contribution is 2.33. The molecule has 0 saturated carbocycles. The van der Waals surface area contributed by atoms with Crippen molar-refractivity contribution >= 4 is 23.4 Å². The number of rotatable bonds is 7. The van der Waals surface area contributed by atoms with Gasteiger partial charge in [0.1, 0.15) is 0 Å². The number of ether oxygens (including phenoxy) is 2. The van der Waals surface area contributed by atoms with E-state index in [-0.39, 0.29) is 17.4 Å². The summed E-state index contributed by atoms with van der Waals surface area (Å²) >= 11 is 0. The topological polar surface area (TPSA) is 54.0 Å². The van der Waals surface area contributed by atoms with E-state index < -0.39 is 6.61 Å². The molecular formula is C22H25F2N3O3. The van der Waals surface area contributed by atoms with Gasteiger partial charge in [0.25, 0.3) is 0 Å². The van der Waals surface area contributed by atoms with E-state index in [0.717, 1.165) is 31.9 Å². The van der Waals surface area contributed by atoms with Crippen LogP contribution in [0.4, 0.5) is 20.2 Å². The molecule has 3 rings (SSSR count). The summed E-state index contributed by atoms with van der Waals surface area (Å²) < 4.78 is 35.2. The minimum atomic E-state index is -3.00. The number of hydrogen-bond donors (Lipinski definition) is 1. The Hall–Kier alpha value is -3.13. The Morgan fingerprint density at radius 2 is 1.83 bits per heavy atom. The van der Waals surface area contributed by atoms with Crippen molar-refractivity contribution in [2.45, 2.75) is 6.61 Å². The number of nitrogens with one attached hydrogen (secondary N) is 1. The molecule has 0 bridgehead atoms. The van der Waals surface area contributed by atoms with Crippen molar-refractivity contribution in [3.8, 4) is 11.5 Å². The zero-order chi connectivity index (χ0) is 21.5. The van der Waals surface area contributed by atoms with Crippen LogP contribution in [0.15, 0.2) is 48.5 Å². The predicted molar refractivity (Wildman–Crippen MR) is 113 cm³/mol. The number of nitrogens with zero attached hydrogens (tertiary/aromatic N) is 2. The van der Waals surface area contributed by atoms with Crippen molar-refractivity contribution in [2.24, 2.45) is 0 Å². The maximum atomic E-state index is 12.8. The number of piperazine rings is 1. The third-order valence-corrected chi connectivity index (χ3v) is 4.86. The Morgan fingerprint density at radius 1 is 1.10 bits per heavy atom. The molecule has 6 nitrogen and oxygen atoms in total. The Morgan fingerprint density at radius 3 is 2.53 bits per heavy atom. The fourth-order valence-corrected chi connectivity index (χ4v) is 3.28. The van der Waals surface area contributed by atoms with Crippen molar-refractivity contribution in [3.05, 3.63) is 54.1 Å². The smallest absolute Gasteiger partial charge is 0.387 e. The van der Waals surface area contributed by atoms with E-state index in [9.17, 15) is 13.6 Å². The van der Waals surface area contributed by atoms with Crippen LogP contribution < -0.4 is 19.7 Å². The summed E-state index contributed by atoms with van der Waals surface area (Å²) in [5.41, 5.74) is 1.97. The van der Waals surface area contributed by atoms with E-state index in [2.05, 4.69) is 26.9 Å². The van der Waals surface area contributed by atoms with E-state index in [1.807, 2.05) is 24.3 Å². The molecule has 2 aromatic carbocycles. The van der Waals surface area contributed by atoms with E-state index in [0.29, 0.717) is 11.3 Å². The van der Waals surface area contributed by atoms with E-state index in [1.165, 1.54) is 25.3 Å². The molecule has 0 unspecified atom stereocenters. The van der Waals surface area contributed by atoms with Gasteiger partial charge in [0.05, 0.1) is 18.5 Å². The van der Waals surface area contributed by atoms with E-state index >= 15 is 0 Å². The molecule has 0 spiro atoms. The third-order valence-electron chi connectivity index (χ3n) is 4.86. The van der Waals surface area contributed by atoms with Gasteiger partial charge in [-0.3, -0.25) is 4.79 Å². The minimum Gasteiger partial charge on any atom is -0.493 e. The van der Waals surface area contributed by atoms with Gasteiger partial charge < -0.3 is 24.6 Å². The number of carbonyl (C=O) groups is 1. The second kappa shape index (κ2) is 10.1. The summed E-state index contributed by atoms with van der Waals surface area (Å²) in [6, 6.07) is 12.3. The lowest BCUT2D eigenvalue weighted by molar-refractivity contribution is -0.111. The maximum absolute atomic E-state index is 12.8. The Balaban J connectivity index is 1.75. The molecule has 1 saturated heterocycles. The van der Waals surface area contributed by atoms with Crippen LogP contribution in [0.5, 0.6) is 11.5 Å².